The molecule has 0 spiro atoms. The summed E-state index contributed by atoms with van der Waals surface area (Å²) in [4.78, 5) is 3.50. The van der Waals surface area contributed by atoms with E-state index < -0.39 is 0 Å². The van der Waals surface area contributed by atoms with Crippen LogP contribution in [0.4, 0.5) is 0 Å². The third-order valence-corrected chi connectivity index (χ3v) is 4.92. The van der Waals surface area contributed by atoms with Gasteiger partial charge < -0.3 is 14.7 Å². The maximum Gasteiger partial charge on any atom is 0.0709 e. The van der Waals surface area contributed by atoms with Crippen molar-refractivity contribution in [3.05, 3.63) is 60.2 Å². The van der Waals surface area contributed by atoms with E-state index in [4.69, 9.17) is 0 Å². The Bertz CT molecular complexity index is 1210. The van der Waals surface area contributed by atoms with Gasteiger partial charge in [-0.15, -0.1) is 0 Å². The summed E-state index contributed by atoms with van der Waals surface area (Å²) in [6.45, 7) is 0.0276. The van der Waals surface area contributed by atoms with E-state index in [2.05, 4.69) is 59.1 Å². The molecule has 0 radical (unpaired) electrons. The number of aromatic nitrogens is 2. The monoisotopic (exact) mass is 300 g/mol. The summed E-state index contributed by atoms with van der Waals surface area (Å²) in [5.41, 5.74) is 5.49. The number of para-hydroxylation sites is 2. The van der Waals surface area contributed by atoms with Gasteiger partial charge in [0.15, 0.2) is 0 Å². The van der Waals surface area contributed by atoms with Crippen molar-refractivity contribution in [2.75, 3.05) is 0 Å². The van der Waals surface area contributed by atoms with Gasteiger partial charge in [-0.1, -0.05) is 36.4 Å². The lowest BCUT2D eigenvalue weighted by atomic mass is 10.0. The number of rotatable bonds is 1. The lowest BCUT2D eigenvalue weighted by Gasteiger charge is -2.06. The molecule has 0 aliphatic rings. The van der Waals surface area contributed by atoms with Crippen LogP contribution in [0.3, 0.4) is 0 Å². The fourth-order valence-electron chi connectivity index (χ4n) is 3.95. The van der Waals surface area contributed by atoms with Crippen molar-refractivity contribution in [2.24, 2.45) is 7.05 Å². The lowest BCUT2D eigenvalue weighted by molar-refractivity contribution is 0.284. The van der Waals surface area contributed by atoms with Crippen LogP contribution in [0.25, 0.3) is 43.6 Å². The van der Waals surface area contributed by atoms with Crippen molar-refractivity contribution >= 4 is 43.6 Å². The standard InChI is InChI=1S/C20H16N2O/c1-22-18-9-5-3-6-12(18)14-10-17-19(15(11-23)20(14)22)13-7-2-4-8-16(13)21-17/h2-10,21,23H,11H2,1H3. The Balaban J connectivity index is 2.13. The summed E-state index contributed by atoms with van der Waals surface area (Å²) < 4.78 is 2.19. The largest absolute Gasteiger partial charge is 0.392 e. The predicted molar refractivity (Wildman–Crippen MR) is 95.7 cm³/mol. The van der Waals surface area contributed by atoms with Crippen LogP contribution in [0.2, 0.25) is 0 Å². The Morgan fingerprint density at radius 3 is 2.48 bits per heavy atom. The number of nitrogens with one attached hydrogen (secondary N) is 1. The van der Waals surface area contributed by atoms with Gasteiger partial charge in [0.25, 0.3) is 0 Å². The average Bonchev–Trinajstić information content (AvgIpc) is 3.10. The molecule has 2 aromatic heterocycles. The Kier molecular flexibility index (Phi) is 2.42. The average molecular weight is 300 g/mol. The molecule has 112 valence electrons. The second-order valence-electron chi connectivity index (χ2n) is 6.08. The number of hydrogen-bond donors (Lipinski definition) is 2. The molecule has 2 N–H and O–H groups in total. The zero-order chi connectivity index (χ0) is 15.6. The maximum absolute atomic E-state index is 10.1. The summed E-state index contributed by atoms with van der Waals surface area (Å²) in [6, 6.07) is 18.9. The van der Waals surface area contributed by atoms with Gasteiger partial charge in [0.2, 0.25) is 0 Å². The van der Waals surface area contributed by atoms with E-state index in [1.165, 1.54) is 21.7 Å². The molecule has 0 saturated carbocycles. The fraction of sp³-hybridized carbons (Fsp3) is 0.100. The normalized spacial score (nSPS) is 12.1. The summed E-state index contributed by atoms with van der Waals surface area (Å²) in [5, 5.41) is 14.8. The molecule has 3 nitrogen and oxygen atoms in total. The molecule has 0 saturated heterocycles. The number of aryl methyl sites for hydroxylation is 1. The first kappa shape index (κ1) is 12.7. The van der Waals surface area contributed by atoms with Crippen LogP contribution in [0.1, 0.15) is 5.56 Å². The number of aliphatic hydroxyl groups is 1. The fourth-order valence-corrected chi connectivity index (χ4v) is 3.95. The molecule has 2 heterocycles. The molecule has 0 amide bonds. The van der Waals surface area contributed by atoms with Gasteiger partial charge in [0.1, 0.15) is 0 Å². The number of nitrogens with zero attached hydrogens (tertiary/aromatic N) is 1. The van der Waals surface area contributed by atoms with Crippen LogP contribution in [-0.2, 0) is 13.7 Å². The number of aliphatic hydroxyl groups excluding tert-OH is 1. The van der Waals surface area contributed by atoms with Gasteiger partial charge in [-0.3, -0.25) is 0 Å². The van der Waals surface area contributed by atoms with Crippen LogP contribution in [0.15, 0.2) is 54.6 Å². The summed E-state index contributed by atoms with van der Waals surface area (Å²) in [7, 11) is 2.07. The van der Waals surface area contributed by atoms with Gasteiger partial charge in [-0.05, 0) is 18.2 Å². The molecule has 0 unspecified atom stereocenters. The van der Waals surface area contributed by atoms with Crippen molar-refractivity contribution in [1.29, 1.82) is 0 Å². The van der Waals surface area contributed by atoms with E-state index >= 15 is 0 Å². The third-order valence-electron chi connectivity index (χ3n) is 4.92. The molecule has 0 bridgehead atoms. The second-order valence-corrected chi connectivity index (χ2v) is 6.08. The molecular formula is C20H16N2O. The summed E-state index contributed by atoms with van der Waals surface area (Å²) in [6.07, 6.45) is 0. The smallest absolute Gasteiger partial charge is 0.0709 e. The molecule has 0 aliphatic heterocycles. The number of hydrogen-bond acceptors (Lipinski definition) is 1. The van der Waals surface area contributed by atoms with E-state index in [9.17, 15) is 5.11 Å². The van der Waals surface area contributed by atoms with Gasteiger partial charge >= 0.3 is 0 Å². The number of fused-ring (bicyclic) bond motifs is 6. The zero-order valence-electron chi connectivity index (χ0n) is 12.8. The Labute approximate surface area is 132 Å². The topological polar surface area (TPSA) is 41.0 Å². The van der Waals surface area contributed by atoms with E-state index in [0.717, 1.165) is 27.5 Å². The Morgan fingerprint density at radius 2 is 1.65 bits per heavy atom. The van der Waals surface area contributed by atoms with E-state index in [-0.39, 0.29) is 6.61 Å². The highest BCUT2D eigenvalue weighted by Gasteiger charge is 2.17. The molecule has 23 heavy (non-hydrogen) atoms. The van der Waals surface area contributed by atoms with Gasteiger partial charge in [-0.25, -0.2) is 0 Å². The molecular weight excluding hydrogens is 284 g/mol. The van der Waals surface area contributed by atoms with Crippen LogP contribution < -0.4 is 0 Å². The molecule has 0 aliphatic carbocycles. The molecule has 0 fully saturated rings. The van der Waals surface area contributed by atoms with E-state index in [0.29, 0.717) is 0 Å². The summed E-state index contributed by atoms with van der Waals surface area (Å²) >= 11 is 0. The number of H-pyrrole nitrogens is 1. The molecule has 5 rings (SSSR count). The predicted octanol–water partition coefficient (Wildman–Crippen LogP) is 4.46. The second kappa shape index (κ2) is 4.37. The summed E-state index contributed by atoms with van der Waals surface area (Å²) in [5.74, 6) is 0. The van der Waals surface area contributed by atoms with Crippen LogP contribution in [0.5, 0.6) is 0 Å². The quantitative estimate of drug-likeness (QED) is 0.471. The Hall–Kier alpha value is -2.78. The van der Waals surface area contributed by atoms with Crippen molar-refractivity contribution in [3.8, 4) is 0 Å². The van der Waals surface area contributed by atoms with Crippen molar-refractivity contribution < 1.29 is 5.11 Å². The number of aromatic amines is 1. The molecule has 3 heteroatoms. The molecule has 3 aromatic carbocycles. The van der Waals surface area contributed by atoms with Gasteiger partial charge in [-0.2, -0.15) is 0 Å². The van der Waals surface area contributed by atoms with Crippen LogP contribution in [-0.4, -0.2) is 14.7 Å². The minimum Gasteiger partial charge on any atom is -0.392 e. The molecule has 5 aromatic rings. The van der Waals surface area contributed by atoms with E-state index in [1.807, 2.05) is 12.1 Å². The highest BCUT2D eigenvalue weighted by Crippen LogP contribution is 2.38. The first-order valence-corrected chi connectivity index (χ1v) is 7.80. The first-order chi connectivity index (χ1) is 11.3. The minimum absolute atomic E-state index is 0.0276. The lowest BCUT2D eigenvalue weighted by Crippen LogP contribution is -1.94. The highest BCUT2D eigenvalue weighted by atomic mass is 16.3. The SMILES string of the molecule is Cn1c2ccccc2c2cc3[nH]c4ccccc4c3c(CO)c21. The van der Waals surface area contributed by atoms with Gasteiger partial charge in [0, 0.05) is 50.7 Å². The maximum atomic E-state index is 10.1. The highest BCUT2D eigenvalue weighted by molar-refractivity contribution is 6.19. The van der Waals surface area contributed by atoms with Crippen molar-refractivity contribution in [2.45, 2.75) is 6.61 Å². The molecule has 0 atom stereocenters. The van der Waals surface area contributed by atoms with Crippen molar-refractivity contribution in [3.63, 3.8) is 0 Å². The zero-order valence-corrected chi connectivity index (χ0v) is 12.8. The first-order valence-electron chi connectivity index (χ1n) is 7.80. The van der Waals surface area contributed by atoms with Crippen LogP contribution in [0, 0.1) is 0 Å². The van der Waals surface area contributed by atoms with E-state index in [1.54, 1.807) is 0 Å². The third kappa shape index (κ3) is 1.52. The Morgan fingerprint density at radius 1 is 0.913 bits per heavy atom. The van der Waals surface area contributed by atoms with Crippen molar-refractivity contribution in [1.82, 2.24) is 9.55 Å². The number of benzene rings is 3. The van der Waals surface area contributed by atoms with Gasteiger partial charge in [0.05, 0.1) is 12.1 Å². The minimum atomic E-state index is 0.0276. The van der Waals surface area contributed by atoms with Crippen LogP contribution >= 0.6 is 0 Å².